The second kappa shape index (κ2) is 13.6. The molecule has 1 saturated carbocycles. The van der Waals surface area contributed by atoms with Crippen molar-refractivity contribution in [3.63, 3.8) is 0 Å². The molecule has 0 unspecified atom stereocenters. The van der Waals surface area contributed by atoms with E-state index >= 15 is 4.39 Å². The molecule has 0 N–H and O–H groups in total. The number of benzene rings is 3. The van der Waals surface area contributed by atoms with Gasteiger partial charge in [0.1, 0.15) is 11.1 Å². The molecule has 3 nitrogen and oxygen atoms in total. The summed E-state index contributed by atoms with van der Waals surface area (Å²) in [5, 5.41) is -0.0298. The molecular weight excluding hydrogens is 537 g/mol. The number of fused-ring (bicyclic) bond motifs is 1. The second-order valence-corrected chi connectivity index (χ2v) is 11.6. The van der Waals surface area contributed by atoms with Crippen molar-refractivity contribution in [2.75, 3.05) is 6.61 Å². The summed E-state index contributed by atoms with van der Waals surface area (Å²) in [7, 11) is 0. The predicted molar refractivity (Wildman–Crippen MR) is 162 cm³/mol. The van der Waals surface area contributed by atoms with Crippen molar-refractivity contribution in [3.8, 4) is 17.1 Å². The van der Waals surface area contributed by atoms with Crippen LogP contribution in [0.5, 0.6) is 5.75 Å². The third kappa shape index (κ3) is 6.58. The van der Waals surface area contributed by atoms with E-state index in [4.69, 9.17) is 9.15 Å². The topological polar surface area (TPSA) is 39.4 Å². The van der Waals surface area contributed by atoms with Crippen molar-refractivity contribution in [1.29, 1.82) is 0 Å². The van der Waals surface area contributed by atoms with E-state index in [2.05, 4.69) is 31.2 Å². The average Bonchev–Trinajstić information content (AvgIpc) is 3.00. The third-order valence-corrected chi connectivity index (χ3v) is 8.73. The Morgan fingerprint density at radius 1 is 0.833 bits per heavy atom. The summed E-state index contributed by atoms with van der Waals surface area (Å²) in [6.07, 6.45) is 10.7. The maximum Gasteiger partial charge on any atom is 0.347 e. The minimum atomic E-state index is -1.10. The lowest BCUT2D eigenvalue weighted by atomic mass is 9.79. The Bertz CT molecular complexity index is 1570. The Hall–Kier alpha value is -3.54. The Balaban J connectivity index is 1.20. The molecule has 5 rings (SSSR count). The van der Waals surface area contributed by atoms with Gasteiger partial charge in [-0.05, 0) is 97.1 Å². The summed E-state index contributed by atoms with van der Waals surface area (Å²) in [5.41, 5.74) is 1.88. The van der Waals surface area contributed by atoms with E-state index in [-0.39, 0.29) is 33.4 Å². The lowest BCUT2D eigenvalue weighted by Gasteiger charge is -2.29. The molecule has 3 aromatic carbocycles. The summed E-state index contributed by atoms with van der Waals surface area (Å²) in [6, 6.07) is 16.3. The lowest BCUT2D eigenvalue weighted by molar-refractivity contribution is 0.194. The van der Waals surface area contributed by atoms with Crippen LogP contribution in [0.3, 0.4) is 0 Å². The van der Waals surface area contributed by atoms with Crippen LogP contribution in [-0.2, 0) is 12.8 Å². The molecule has 0 radical (unpaired) electrons. The van der Waals surface area contributed by atoms with Gasteiger partial charge in [-0.1, -0.05) is 69.5 Å². The van der Waals surface area contributed by atoms with Crippen LogP contribution in [0.2, 0.25) is 0 Å². The molecule has 1 heterocycles. The quantitative estimate of drug-likeness (QED) is 0.167. The molecule has 0 saturated heterocycles. The van der Waals surface area contributed by atoms with Gasteiger partial charge in [0.05, 0.1) is 12.2 Å². The van der Waals surface area contributed by atoms with Gasteiger partial charge < -0.3 is 9.15 Å². The highest BCUT2D eigenvalue weighted by molar-refractivity contribution is 5.86. The van der Waals surface area contributed by atoms with Crippen LogP contribution in [0.4, 0.5) is 13.2 Å². The van der Waals surface area contributed by atoms with Gasteiger partial charge >= 0.3 is 5.63 Å². The van der Waals surface area contributed by atoms with Crippen LogP contribution in [-0.4, -0.2) is 6.61 Å². The van der Waals surface area contributed by atoms with E-state index in [1.165, 1.54) is 61.1 Å². The zero-order valence-corrected chi connectivity index (χ0v) is 24.5. The smallest absolute Gasteiger partial charge is 0.347 e. The van der Waals surface area contributed by atoms with E-state index in [0.717, 1.165) is 32.1 Å². The molecule has 0 spiro atoms. The first kappa shape index (κ1) is 29.9. The SMILES string of the molecule is CCCCCCc1ccc(C2CCC(COc3ccc4cc(-c5ccc(CC)c(F)c5F)oc(=O)c4c3F)CC2)cc1. The van der Waals surface area contributed by atoms with Crippen LogP contribution in [0.1, 0.15) is 87.8 Å². The fourth-order valence-corrected chi connectivity index (χ4v) is 6.10. The Kier molecular flexibility index (Phi) is 9.71. The third-order valence-electron chi connectivity index (χ3n) is 8.73. The molecule has 0 bridgehead atoms. The van der Waals surface area contributed by atoms with Crippen LogP contribution < -0.4 is 10.4 Å². The van der Waals surface area contributed by atoms with Crippen molar-refractivity contribution in [3.05, 3.63) is 99.2 Å². The number of ether oxygens (including phenoxy) is 1. The maximum absolute atomic E-state index is 15.4. The van der Waals surface area contributed by atoms with E-state index in [1.54, 1.807) is 13.0 Å². The minimum absolute atomic E-state index is 0.0104. The van der Waals surface area contributed by atoms with E-state index in [0.29, 0.717) is 24.9 Å². The summed E-state index contributed by atoms with van der Waals surface area (Å²) in [5.74, 6) is -2.21. The number of aryl methyl sites for hydroxylation is 2. The van der Waals surface area contributed by atoms with Crippen molar-refractivity contribution in [1.82, 2.24) is 0 Å². The standard InChI is InChI=1S/C36H39F3O3/c1-3-5-6-7-8-23-9-13-26(14-10-23)27-15-11-24(12-16-27)22-41-30-20-18-28-21-31(42-36(40)32(28)35(30)39)29-19-17-25(4-2)33(37)34(29)38/h9-10,13-14,17-21,24,27H,3-8,11-12,15-16,22H2,1-2H3. The van der Waals surface area contributed by atoms with Gasteiger partial charge in [-0.15, -0.1) is 0 Å². The van der Waals surface area contributed by atoms with Crippen molar-refractivity contribution < 1.29 is 22.3 Å². The fraction of sp³-hybridized carbons (Fsp3) is 0.417. The molecule has 42 heavy (non-hydrogen) atoms. The average molecular weight is 577 g/mol. The summed E-state index contributed by atoms with van der Waals surface area (Å²) < 4.78 is 55.5. The highest BCUT2D eigenvalue weighted by Crippen LogP contribution is 2.37. The van der Waals surface area contributed by atoms with Gasteiger partial charge in [0.25, 0.3) is 0 Å². The molecule has 1 aliphatic carbocycles. The molecule has 4 aromatic rings. The molecular formula is C36H39F3O3. The molecule has 6 heteroatoms. The summed E-state index contributed by atoms with van der Waals surface area (Å²) >= 11 is 0. The number of rotatable bonds is 11. The highest BCUT2D eigenvalue weighted by atomic mass is 19.2. The monoisotopic (exact) mass is 576 g/mol. The minimum Gasteiger partial charge on any atom is -0.490 e. The zero-order valence-electron chi connectivity index (χ0n) is 24.5. The van der Waals surface area contributed by atoms with Gasteiger partial charge in [-0.2, -0.15) is 0 Å². The van der Waals surface area contributed by atoms with Crippen LogP contribution in [0.25, 0.3) is 22.1 Å². The molecule has 1 aliphatic rings. The molecule has 0 aliphatic heterocycles. The maximum atomic E-state index is 15.4. The predicted octanol–water partition coefficient (Wildman–Crippen LogP) is 9.92. The first-order chi connectivity index (χ1) is 20.4. The first-order valence-electron chi connectivity index (χ1n) is 15.3. The fourth-order valence-electron chi connectivity index (χ4n) is 6.10. The highest BCUT2D eigenvalue weighted by Gasteiger charge is 2.24. The first-order valence-corrected chi connectivity index (χ1v) is 15.3. The second-order valence-electron chi connectivity index (χ2n) is 11.6. The van der Waals surface area contributed by atoms with Crippen LogP contribution >= 0.6 is 0 Å². The van der Waals surface area contributed by atoms with Crippen LogP contribution in [0.15, 0.2) is 63.8 Å². The molecule has 1 aromatic heterocycles. The number of hydrogen-bond donors (Lipinski definition) is 0. The van der Waals surface area contributed by atoms with E-state index in [9.17, 15) is 13.6 Å². The van der Waals surface area contributed by atoms with Gasteiger partial charge in [0.15, 0.2) is 23.2 Å². The lowest BCUT2D eigenvalue weighted by Crippen LogP contribution is -2.19. The van der Waals surface area contributed by atoms with Crippen molar-refractivity contribution in [2.24, 2.45) is 5.92 Å². The van der Waals surface area contributed by atoms with Crippen molar-refractivity contribution >= 4 is 10.8 Å². The molecule has 0 amide bonds. The largest absolute Gasteiger partial charge is 0.490 e. The Morgan fingerprint density at radius 2 is 1.60 bits per heavy atom. The molecule has 0 atom stereocenters. The van der Waals surface area contributed by atoms with Gasteiger partial charge in [0, 0.05) is 0 Å². The normalized spacial score (nSPS) is 17.1. The number of hydrogen-bond acceptors (Lipinski definition) is 3. The van der Waals surface area contributed by atoms with E-state index in [1.807, 2.05) is 0 Å². The number of unbranched alkanes of at least 4 members (excludes halogenated alkanes) is 3. The number of halogens is 3. The molecule has 1 fully saturated rings. The van der Waals surface area contributed by atoms with E-state index < -0.39 is 23.1 Å². The van der Waals surface area contributed by atoms with Crippen molar-refractivity contribution in [2.45, 2.75) is 84.0 Å². The van der Waals surface area contributed by atoms with Gasteiger partial charge in [-0.25, -0.2) is 18.0 Å². The zero-order chi connectivity index (χ0) is 29.6. The van der Waals surface area contributed by atoms with Gasteiger partial charge in [-0.3, -0.25) is 0 Å². The molecule has 222 valence electrons. The van der Waals surface area contributed by atoms with Crippen LogP contribution in [0, 0.1) is 23.4 Å². The Labute approximate surface area is 245 Å². The summed E-state index contributed by atoms with van der Waals surface area (Å²) in [6.45, 7) is 4.32. The van der Waals surface area contributed by atoms with Gasteiger partial charge in [0.2, 0.25) is 0 Å². The Morgan fingerprint density at radius 3 is 2.31 bits per heavy atom. The summed E-state index contributed by atoms with van der Waals surface area (Å²) in [4.78, 5) is 12.8.